The van der Waals surface area contributed by atoms with Crippen molar-refractivity contribution in [2.24, 2.45) is 5.92 Å². The summed E-state index contributed by atoms with van der Waals surface area (Å²) in [6.07, 6.45) is 16.9. The molecule has 5 aliphatic heterocycles. The van der Waals surface area contributed by atoms with Crippen LogP contribution in [0, 0.1) is 5.92 Å². The van der Waals surface area contributed by atoms with Crippen molar-refractivity contribution in [1.29, 1.82) is 0 Å². The van der Waals surface area contributed by atoms with E-state index in [0.29, 0.717) is 70.7 Å². The van der Waals surface area contributed by atoms with Gasteiger partial charge >= 0.3 is 36.8 Å². The number of carbonyl (C=O) groups is 3. The molecule has 0 radical (unpaired) electrons. The van der Waals surface area contributed by atoms with Crippen molar-refractivity contribution in [2.75, 3.05) is 55.9 Å². The van der Waals surface area contributed by atoms with Crippen molar-refractivity contribution in [3.8, 4) is 0 Å². The zero-order chi connectivity index (χ0) is 42.9. The maximum Gasteiger partial charge on any atom is 1.00 e. The van der Waals surface area contributed by atoms with E-state index in [1.807, 2.05) is 18.3 Å². The van der Waals surface area contributed by atoms with Crippen LogP contribution in [-0.2, 0) is 23.7 Å². The van der Waals surface area contributed by atoms with Crippen molar-refractivity contribution in [3.63, 3.8) is 0 Å². The van der Waals surface area contributed by atoms with Crippen LogP contribution in [0.2, 0.25) is 5.15 Å². The van der Waals surface area contributed by atoms with Gasteiger partial charge in [0.05, 0.1) is 75.4 Å². The summed E-state index contributed by atoms with van der Waals surface area (Å²) in [5, 5.41) is 21.5. The molecule has 0 amide bonds. The predicted octanol–water partition coefficient (Wildman–Crippen LogP) is 1.28. The number of carboxylic acids is 1. The Labute approximate surface area is 395 Å². The van der Waals surface area contributed by atoms with Gasteiger partial charge in [0.15, 0.2) is 16.9 Å². The Morgan fingerprint density at radius 3 is 1.51 bits per heavy atom. The van der Waals surface area contributed by atoms with E-state index in [2.05, 4.69) is 40.0 Å². The molecule has 0 aromatic carbocycles. The summed E-state index contributed by atoms with van der Waals surface area (Å²) in [7, 11) is 0. The number of aromatic nitrogens is 9. The van der Waals surface area contributed by atoms with Crippen LogP contribution in [0.4, 0.5) is 11.6 Å². The summed E-state index contributed by atoms with van der Waals surface area (Å²) in [6, 6.07) is 6.13. The van der Waals surface area contributed by atoms with Crippen molar-refractivity contribution in [1.82, 2.24) is 43.8 Å². The molecule has 2 N–H and O–H groups in total. The van der Waals surface area contributed by atoms with Crippen LogP contribution in [-0.4, -0.2) is 149 Å². The van der Waals surface area contributed by atoms with E-state index in [0.717, 1.165) is 63.3 Å². The fraction of sp³-hybridized carbons (Fsp3) is 0.488. The van der Waals surface area contributed by atoms with Crippen LogP contribution < -0.4 is 28.7 Å². The minimum atomic E-state index is -1.01. The van der Waals surface area contributed by atoms with E-state index >= 15 is 0 Å². The van der Waals surface area contributed by atoms with Gasteiger partial charge in [0.25, 0.3) is 0 Å². The first-order valence-corrected chi connectivity index (χ1v) is 21.2. The summed E-state index contributed by atoms with van der Waals surface area (Å²) >= 11 is 5.72. The van der Waals surface area contributed by atoms with Crippen LogP contribution >= 0.6 is 24.0 Å². The third-order valence-corrected chi connectivity index (χ3v) is 11.9. The Morgan fingerprint density at radius 2 is 1.14 bits per heavy atom. The Bertz CT molecular complexity index is 2600. The van der Waals surface area contributed by atoms with Gasteiger partial charge in [0.2, 0.25) is 0 Å². The van der Waals surface area contributed by atoms with Gasteiger partial charge in [-0.25, -0.2) is 42.9 Å². The van der Waals surface area contributed by atoms with Crippen LogP contribution in [0.15, 0.2) is 55.4 Å². The van der Waals surface area contributed by atoms with Gasteiger partial charge < -0.3 is 44.1 Å². The second-order valence-electron chi connectivity index (χ2n) is 15.7. The van der Waals surface area contributed by atoms with Crippen molar-refractivity contribution in [2.45, 2.75) is 76.3 Å². The molecule has 6 atom stereocenters. The minimum Gasteiger partial charge on any atom is -0.870 e. The summed E-state index contributed by atoms with van der Waals surface area (Å²) < 4.78 is 31.0. The van der Waals surface area contributed by atoms with Gasteiger partial charge in [-0.2, -0.15) is 15.3 Å². The van der Waals surface area contributed by atoms with E-state index < -0.39 is 11.9 Å². The molecule has 342 valence electrons. The number of hydrogen-bond acceptors (Lipinski definition) is 17. The number of carboxylic acid groups (broad SMARTS) is 1. The minimum absolute atomic E-state index is 0. The van der Waals surface area contributed by atoms with E-state index in [1.54, 1.807) is 36.8 Å². The molecule has 5 saturated heterocycles. The van der Waals surface area contributed by atoms with Crippen LogP contribution in [0.25, 0.3) is 16.9 Å². The number of anilines is 2. The fourth-order valence-corrected chi connectivity index (χ4v) is 8.84. The number of carbonyl (C=O) groups excluding carboxylic acids is 2. The van der Waals surface area contributed by atoms with E-state index in [9.17, 15) is 14.4 Å². The molecule has 6 aromatic heterocycles. The predicted molar refractivity (Wildman–Crippen MR) is 230 cm³/mol. The van der Waals surface area contributed by atoms with E-state index in [-0.39, 0.29) is 54.4 Å². The van der Waals surface area contributed by atoms with Crippen molar-refractivity contribution in [3.05, 3.63) is 77.2 Å². The molecule has 24 heteroatoms. The average molecular weight is 933 g/mol. The number of halogens is 2. The molecule has 6 aromatic rings. The van der Waals surface area contributed by atoms with Crippen molar-refractivity contribution >= 4 is 70.5 Å². The maximum atomic E-state index is 11.9. The topological polar surface area (TPSA) is 245 Å². The molecule has 6 bridgehead atoms. The first-order valence-electron chi connectivity index (χ1n) is 20.8. The number of aromatic carboxylic acids is 1. The monoisotopic (exact) mass is 931 g/mol. The normalized spacial score (nSPS) is 22.8. The largest absolute Gasteiger partial charge is 1.00 e. The molecule has 6 fully saturated rings. The quantitative estimate of drug-likeness (QED) is 0.135. The van der Waals surface area contributed by atoms with Gasteiger partial charge in [-0.3, -0.25) is 0 Å². The Hall–Kier alpha value is -5.11. The van der Waals surface area contributed by atoms with Crippen molar-refractivity contribution < 1.29 is 67.5 Å². The second kappa shape index (κ2) is 21.5. The Balaban J connectivity index is 0.000000148. The standard InChI is InChI=1S/C14H16N4O3.C12H12N4O3.C9H8ClN3O2.C6H10O.ClH.Li.H2O/c1-2-20-14(19)11-6-15-18-4-3-12(16-13(11)18)17-7-10-5-9(17)8-21-10;17-12(18)9-4-13-16-2-1-10(14-11(9)16)15-5-8-3-7(15)6-19-8;1-2-15-9(14)6-5-11-13-4-3-7(10)12-8(6)13;1-2-6-3-5(1)4-7-6;;;/h3-4,6,9-10H,2,5,7-8H2,1H3;1-2,4,7-8H,3,5-6H2,(H,17,18);3-5H,2H2,1H3;5-6H,1-4H2;1H;;1H2/q;;;;;+1;/p-1/t9-,10-;7-,8-;;5-,6+;;;/m11.1.../s1. The SMILES string of the molecule is C1C[C@H]2C[C@@H]1CO2.CCOC(=O)c1cnn2ccc(Cl)nc12.CCOC(=O)c1cnn2ccc(N3C[C@H]4C[C@@H]3CO4)nc12.Cl.O=C(O)c1cnn2ccc(N3C[C@H]4C[C@@H]3CO4)nc12.[Li+].[OH-]. The number of fused-ring (bicyclic) bond motifs is 9. The first-order chi connectivity index (χ1) is 30.1. The smallest absolute Gasteiger partial charge is 0.870 e. The Morgan fingerprint density at radius 1 is 0.677 bits per heavy atom. The van der Waals surface area contributed by atoms with Gasteiger partial charge in [-0.1, -0.05) is 11.6 Å². The Kier molecular flexibility index (Phi) is 16.3. The summed E-state index contributed by atoms with van der Waals surface area (Å²) in [6.45, 7) is 8.39. The molecule has 65 heavy (non-hydrogen) atoms. The molecule has 21 nitrogen and oxygen atoms in total. The fourth-order valence-electron chi connectivity index (χ4n) is 8.71. The zero-order valence-electron chi connectivity index (χ0n) is 36.0. The summed E-state index contributed by atoms with van der Waals surface area (Å²) in [4.78, 5) is 52.0. The number of nitrogens with zero attached hydrogens (tertiary/aromatic N) is 11. The molecule has 0 spiro atoms. The van der Waals surface area contributed by atoms with Gasteiger partial charge in [0, 0.05) is 38.3 Å². The van der Waals surface area contributed by atoms with Gasteiger partial charge in [-0.15, -0.1) is 12.4 Å². The number of ether oxygens (including phenoxy) is 5. The summed E-state index contributed by atoms with van der Waals surface area (Å²) in [5.41, 5.74) is 2.17. The number of rotatable bonds is 7. The van der Waals surface area contributed by atoms with Gasteiger partial charge in [-0.05, 0) is 70.1 Å². The molecular formula is C41H48Cl2LiN11O10. The molecule has 1 saturated carbocycles. The average Bonchev–Trinajstić information content (AvgIpc) is 4.14. The second-order valence-corrected chi connectivity index (χ2v) is 16.1. The first kappa shape index (κ1) is 49.3. The molecule has 6 aliphatic rings. The molecule has 11 heterocycles. The molecule has 1 aliphatic carbocycles. The van der Waals surface area contributed by atoms with E-state index in [4.69, 9.17) is 40.4 Å². The third kappa shape index (κ3) is 10.5. The molecule has 0 unspecified atom stereocenters. The van der Waals surface area contributed by atoms with E-state index in [1.165, 1.54) is 46.9 Å². The molecule has 12 rings (SSSR count). The van der Waals surface area contributed by atoms with Gasteiger partial charge in [0.1, 0.15) is 33.5 Å². The summed E-state index contributed by atoms with van der Waals surface area (Å²) in [5.74, 6) is 0.775. The number of hydrogen-bond donors (Lipinski definition) is 1. The number of esters is 2. The van der Waals surface area contributed by atoms with Crippen LogP contribution in [0.5, 0.6) is 0 Å². The van der Waals surface area contributed by atoms with Crippen LogP contribution in [0.3, 0.4) is 0 Å². The third-order valence-electron chi connectivity index (χ3n) is 11.7. The molecular weight excluding hydrogens is 884 g/mol. The van der Waals surface area contributed by atoms with Crippen LogP contribution in [0.1, 0.15) is 77.0 Å². The number of morpholine rings is 2. The maximum absolute atomic E-state index is 11.9. The zero-order valence-corrected chi connectivity index (χ0v) is 37.6.